The van der Waals surface area contributed by atoms with Gasteiger partial charge < -0.3 is 19.8 Å². The van der Waals surface area contributed by atoms with Crippen molar-refractivity contribution >= 4 is 17.7 Å². The maximum atomic E-state index is 12.7. The van der Waals surface area contributed by atoms with Gasteiger partial charge in [-0.2, -0.15) is 0 Å². The highest BCUT2D eigenvalue weighted by Gasteiger charge is 2.25. The number of carbonyl (C=O) groups excluding carboxylic acids is 1. The Morgan fingerprint density at radius 2 is 1.30 bits per heavy atom. The minimum atomic E-state index is -1.26. The van der Waals surface area contributed by atoms with Crippen LogP contribution in [0.1, 0.15) is 79.6 Å². The number of Topliss-reactive ketones (excluding diaryl/α,β-unsaturated/α-hetero) is 1. The molecule has 4 rings (SSSR count). The Morgan fingerprint density at radius 3 is 1.74 bits per heavy atom. The van der Waals surface area contributed by atoms with Gasteiger partial charge in [0.05, 0.1) is 6.10 Å². The van der Waals surface area contributed by atoms with Crippen LogP contribution < -0.4 is 0 Å². The summed E-state index contributed by atoms with van der Waals surface area (Å²) in [5.41, 5.74) is 4.61. The van der Waals surface area contributed by atoms with Gasteiger partial charge in [-0.1, -0.05) is 106 Å². The van der Waals surface area contributed by atoms with Crippen LogP contribution in [-0.2, 0) is 19.7 Å². The van der Waals surface area contributed by atoms with Gasteiger partial charge in [0.25, 0.3) is 0 Å². The number of piperidine rings is 1. The minimum absolute atomic E-state index is 0.0313. The van der Waals surface area contributed by atoms with Crippen molar-refractivity contribution in [3.05, 3.63) is 119 Å². The second-order valence-electron chi connectivity index (χ2n) is 11.7. The Balaban J connectivity index is 0.000000557. The van der Waals surface area contributed by atoms with E-state index < -0.39 is 11.9 Å². The lowest BCUT2D eigenvalue weighted by Gasteiger charge is -2.34. The highest BCUT2D eigenvalue weighted by molar-refractivity contribution is 5.96. The molecule has 43 heavy (non-hydrogen) atoms. The lowest BCUT2D eigenvalue weighted by atomic mass is 9.86. The second-order valence-corrected chi connectivity index (χ2v) is 11.7. The van der Waals surface area contributed by atoms with E-state index in [0.29, 0.717) is 18.6 Å². The summed E-state index contributed by atoms with van der Waals surface area (Å²) in [6, 6.07) is 29.2. The van der Waals surface area contributed by atoms with E-state index in [4.69, 9.17) is 14.9 Å². The monoisotopic (exact) mass is 585 g/mol. The molecule has 0 radical (unpaired) electrons. The fourth-order valence-electron chi connectivity index (χ4n) is 4.97. The number of carbonyl (C=O) groups is 3. The number of benzene rings is 3. The molecule has 0 aromatic heterocycles. The van der Waals surface area contributed by atoms with Gasteiger partial charge in [-0.3, -0.25) is 4.79 Å². The van der Waals surface area contributed by atoms with Crippen LogP contribution in [0.2, 0.25) is 0 Å². The molecule has 0 saturated carbocycles. The molecule has 2 N–H and O–H groups in total. The highest BCUT2D eigenvalue weighted by atomic mass is 16.5. The van der Waals surface area contributed by atoms with Gasteiger partial charge in [0.1, 0.15) is 6.10 Å². The third-order valence-electron chi connectivity index (χ3n) is 7.39. The number of likely N-dealkylation sites (tertiary alicyclic amines) is 1. The summed E-state index contributed by atoms with van der Waals surface area (Å²) < 4.78 is 6.67. The van der Waals surface area contributed by atoms with Gasteiger partial charge in [-0.15, -0.1) is 0 Å². The predicted molar refractivity (Wildman–Crippen MR) is 168 cm³/mol. The number of carboxylic acids is 2. The first-order chi connectivity index (χ1) is 20.5. The summed E-state index contributed by atoms with van der Waals surface area (Å²) in [7, 11) is 0. The topological polar surface area (TPSA) is 104 Å². The first-order valence-electron chi connectivity index (χ1n) is 14.8. The van der Waals surface area contributed by atoms with Crippen LogP contribution in [0, 0.1) is 0 Å². The van der Waals surface area contributed by atoms with Gasteiger partial charge in [0, 0.05) is 37.2 Å². The van der Waals surface area contributed by atoms with E-state index in [1.807, 2.05) is 12.1 Å². The normalized spacial score (nSPS) is 14.3. The number of ether oxygens (including phenoxy) is 1. The molecule has 1 heterocycles. The minimum Gasteiger partial charge on any atom is -0.478 e. The van der Waals surface area contributed by atoms with E-state index in [0.717, 1.165) is 44.5 Å². The van der Waals surface area contributed by atoms with E-state index in [1.54, 1.807) is 0 Å². The molecule has 3 aromatic carbocycles. The van der Waals surface area contributed by atoms with E-state index in [1.165, 1.54) is 16.7 Å². The number of hydrogen-bond acceptors (Lipinski definition) is 5. The number of aliphatic carboxylic acids is 2. The summed E-state index contributed by atoms with van der Waals surface area (Å²) >= 11 is 0. The van der Waals surface area contributed by atoms with Crippen LogP contribution in [0.3, 0.4) is 0 Å². The Morgan fingerprint density at radius 1 is 0.814 bits per heavy atom. The second kappa shape index (κ2) is 16.5. The SMILES string of the molecule is CC(C)(C)c1ccc(C(=O)CCCN2CCC(OC(c3ccccc3)c3ccccc3)CC2)cc1.O=C(O)C=CC(=O)O. The largest absolute Gasteiger partial charge is 0.478 e. The number of ketones is 1. The van der Waals surface area contributed by atoms with Gasteiger partial charge in [0.15, 0.2) is 5.78 Å². The van der Waals surface area contributed by atoms with Crippen LogP contribution in [0.4, 0.5) is 0 Å². The molecule has 0 spiro atoms. The van der Waals surface area contributed by atoms with Crippen molar-refractivity contribution in [3.8, 4) is 0 Å². The highest BCUT2D eigenvalue weighted by Crippen LogP contribution is 2.30. The molecule has 1 aliphatic rings. The molecule has 0 aliphatic carbocycles. The molecule has 0 bridgehead atoms. The molecular weight excluding hydrogens is 542 g/mol. The van der Waals surface area contributed by atoms with E-state index in [2.05, 4.69) is 98.5 Å². The van der Waals surface area contributed by atoms with Crippen LogP contribution in [0.25, 0.3) is 0 Å². The maximum absolute atomic E-state index is 12.7. The van der Waals surface area contributed by atoms with Crippen LogP contribution >= 0.6 is 0 Å². The summed E-state index contributed by atoms with van der Waals surface area (Å²) in [4.78, 5) is 34.2. The van der Waals surface area contributed by atoms with Crippen molar-refractivity contribution in [2.45, 2.75) is 64.1 Å². The smallest absolute Gasteiger partial charge is 0.328 e. The first-order valence-corrected chi connectivity index (χ1v) is 14.8. The fourth-order valence-corrected chi connectivity index (χ4v) is 4.97. The molecule has 0 unspecified atom stereocenters. The average molecular weight is 586 g/mol. The van der Waals surface area contributed by atoms with Crippen LogP contribution in [0.15, 0.2) is 97.1 Å². The molecule has 0 amide bonds. The first kappa shape index (κ1) is 33.4. The third-order valence-corrected chi connectivity index (χ3v) is 7.39. The van der Waals surface area contributed by atoms with Crippen molar-refractivity contribution in [2.75, 3.05) is 19.6 Å². The van der Waals surface area contributed by atoms with E-state index >= 15 is 0 Å². The summed E-state index contributed by atoms with van der Waals surface area (Å²) in [5, 5.41) is 15.6. The summed E-state index contributed by atoms with van der Waals surface area (Å²) in [6.07, 6.45) is 4.90. The molecule has 0 atom stereocenters. The summed E-state index contributed by atoms with van der Waals surface area (Å²) in [6.45, 7) is 9.61. The third kappa shape index (κ3) is 11.6. The van der Waals surface area contributed by atoms with E-state index in [9.17, 15) is 14.4 Å². The molecule has 7 nitrogen and oxygen atoms in total. The number of carboxylic acid groups (broad SMARTS) is 2. The van der Waals surface area contributed by atoms with Crippen molar-refractivity contribution in [1.29, 1.82) is 0 Å². The van der Waals surface area contributed by atoms with Gasteiger partial charge >= 0.3 is 11.9 Å². The Labute approximate surface area is 254 Å². The average Bonchev–Trinajstić information content (AvgIpc) is 3.00. The standard InChI is InChI=1S/C32H39NO2.C4H4O4/c1-32(2,3)28-18-16-25(17-19-28)30(34)15-10-22-33-23-20-29(21-24-33)35-31(26-11-6-4-7-12-26)27-13-8-5-9-14-27;5-3(6)1-2-4(7)8/h4-9,11-14,16-19,29,31H,10,15,20-24H2,1-3H3;1-2H,(H,5,6)(H,7,8). The van der Waals surface area contributed by atoms with Crippen molar-refractivity contribution in [1.82, 2.24) is 4.90 Å². The van der Waals surface area contributed by atoms with Crippen molar-refractivity contribution < 1.29 is 29.3 Å². The summed E-state index contributed by atoms with van der Waals surface area (Å²) in [5.74, 6) is -2.27. The molecule has 3 aromatic rings. The van der Waals surface area contributed by atoms with E-state index in [-0.39, 0.29) is 23.4 Å². The molecule has 7 heteroatoms. The van der Waals surface area contributed by atoms with Crippen molar-refractivity contribution in [3.63, 3.8) is 0 Å². The number of rotatable bonds is 11. The fraction of sp³-hybridized carbons (Fsp3) is 0.361. The lowest BCUT2D eigenvalue weighted by Crippen LogP contribution is -2.38. The zero-order valence-electron chi connectivity index (χ0n) is 25.3. The Kier molecular flexibility index (Phi) is 12.9. The quantitative estimate of drug-likeness (QED) is 0.186. The van der Waals surface area contributed by atoms with Gasteiger partial charge in [0.2, 0.25) is 0 Å². The predicted octanol–water partition coefficient (Wildman–Crippen LogP) is 6.93. The Bertz CT molecular complexity index is 1270. The molecule has 1 fully saturated rings. The van der Waals surface area contributed by atoms with Gasteiger partial charge in [-0.05, 0) is 47.9 Å². The Hall–Kier alpha value is -4.07. The number of nitrogens with zero attached hydrogens (tertiary/aromatic N) is 1. The molecule has 1 aliphatic heterocycles. The zero-order valence-corrected chi connectivity index (χ0v) is 25.3. The van der Waals surface area contributed by atoms with Crippen LogP contribution in [-0.4, -0.2) is 58.6 Å². The molecule has 228 valence electrons. The lowest BCUT2D eigenvalue weighted by molar-refractivity contribution is -0.134. The van der Waals surface area contributed by atoms with Crippen molar-refractivity contribution in [2.24, 2.45) is 0 Å². The molecule has 1 saturated heterocycles. The van der Waals surface area contributed by atoms with Crippen LogP contribution in [0.5, 0.6) is 0 Å². The number of hydrogen-bond donors (Lipinski definition) is 2. The molecular formula is C36H43NO6. The maximum Gasteiger partial charge on any atom is 0.328 e. The zero-order chi connectivity index (χ0) is 31.2. The van der Waals surface area contributed by atoms with Gasteiger partial charge in [-0.25, -0.2) is 9.59 Å².